The second-order valence-electron chi connectivity index (χ2n) is 4.95. The van der Waals surface area contributed by atoms with E-state index in [0.29, 0.717) is 18.4 Å². The summed E-state index contributed by atoms with van der Waals surface area (Å²) in [6, 6.07) is 0. The summed E-state index contributed by atoms with van der Waals surface area (Å²) in [4.78, 5) is 13.0. The minimum Gasteiger partial charge on any atom is -0.395 e. The lowest BCUT2D eigenvalue weighted by Crippen LogP contribution is -2.29. The van der Waals surface area contributed by atoms with Gasteiger partial charge in [0.05, 0.1) is 6.61 Å². The first kappa shape index (κ1) is 13.4. The highest BCUT2D eigenvalue weighted by Crippen LogP contribution is 2.21. The summed E-state index contributed by atoms with van der Waals surface area (Å²) < 4.78 is 0. The van der Waals surface area contributed by atoms with Crippen LogP contribution in [0.15, 0.2) is 0 Å². The number of carbonyl (C=O) groups is 1. The maximum absolute atomic E-state index is 11.4. The lowest BCUT2D eigenvalue weighted by molar-refractivity contribution is -0.130. The predicted molar refractivity (Wildman–Crippen MR) is 58.0 cm³/mol. The summed E-state index contributed by atoms with van der Waals surface area (Å²) in [5.41, 5.74) is 0.301. The van der Waals surface area contributed by atoms with Gasteiger partial charge in [0.25, 0.3) is 0 Å². The zero-order chi connectivity index (χ0) is 11.2. The molecule has 0 fully saturated rings. The fourth-order valence-electron chi connectivity index (χ4n) is 1.24. The number of rotatable bonds is 5. The third kappa shape index (κ3) is 6.89. The number of likely N-dealkylation sites (N-methyl/N-ethyl adjacent to an activating group) is 1. The minimum absolute atomic E-state index is 0.0432. The van der Waals surface area contributed by atoms with E-state index in [1.807, 2.05) is 0 Å². The summed E-state index contributed by atoms with van der Waals surface area (Å²) >= 11 is 0. The number of nitrogens with zero attached hydrogens (tertiary/aromatic N) is 1. The topological polar surface area (TPSA) is 40.5 Å². The molecule has 1 amide bonds. The van der Waals surface area contributed by atoms with Crippen LogP contribution in [0.2, 0.25) is 0 Å². The van der Waals surface area contributed by atoms with Gasteiger partial charge in [-0.1, -0.05) is 20.8 Å². The molecule has 1 N–H and O–H groups in total. The van der Waals surface area contributed by atoms with Crippen LogP contribution in [0.4, 0.5) is 0 Å². The molecule has 0 saturated heterocycles. The fraction of sp³-hybridized carbons (Fsp3) is 0.909. The average Bonchev–Trinajstić information content (AvgIpc) is 2.02. The highest BCUT2D eigenvalue weighted by atomic mass is 16.3. The first-order valence-electron chi connectivity index (χ1n) is 5.21. The summed E-state index contributed by atoms with van der Waals surface area (Å²) in [5.74, 6) is 0.128. The van der Waals surface area contributed by atoms with Crippen molar-refractivity contribution in [2.75, 3.05) is 20.2 Å². The van der Waals surface area contributed by atoms with Crippen molar-refractivity contribution in [2.45, 2.75) is 40.0 Å². The number of carbonyl (C=O) groups excluding carboxylic acids is 1. The Kier molecular flexibility index (Phi) is 5.77. The molecule has 0 spiro atoms. The first-order chi connectivity index (χ1) is 6.37. The lowest BCUT2D eigenvalue weighted by atomic mass is 9.90. The molecule has 84 valence electrons. The molecule has 0 radical (unpaired) electrons. The molecule has 0 bridgehead atoms. The van der Waals surface area contributed by atoms with Crippen LogP contribution in [0.3, 0.4) is 0 Å². The van der Waals surface area contributed by atoms with Crippen molar-refractivity contribution >= 4 is 5.91 Å². The first-order valence-corrected chi connectivity index (χ1v) is 5.21. The van der Waals surface area contributed by atoms with Gasteiger partial charge in [0.1, 0.15) is 0 Å². The van der Waals surface area contributed by atoms with Crippen molar-refractivity contribution in [3.05, 3.63) is 0 Å². The molecule has 0 saturated carbocycles. The smallest absolute Gasteiger partial charge is 0.222 e. The lowest BCUT2D eigenvalue weighted by Gasteiger charge is -2.19. The maximum Gasteiger partial charge on any atom is 0.222 e. The van der Waals surface area contributed by atoms with E-state index in [2.05, 4.69) is 20.8 Å². The number of hydrogen-bond acceptors (Lipinski definition) is 2. The van der Waals surface area contributed by atoms with E-state index in [1.165, 1.54) is 0 Å². The average molecular weight is 201 g/mol. The van der Waals surface area contributed by atoms with Crippen molar-refractivity contribution in [3.63, 3.8) is 0 Å². The summed E-state index contributed by atoms with van der Waals surface area (Å²) in [5, 5.41) is 8.65. The van der Waals surface area contributed by atoms with Gasteiger partial charge >= 0.3 is 0 Å². The van der Waals surface area contributed by atoms with Gasteiger partial charge in [-0.25, -0.2) is 0 Å². The van der Waals surface area contributed by atoms with Crippen molar-refractivity contribution in [1.82, 2.24) is 4.90 Å². The van der Waals surface area contributed by atoms with Crippen molar-refractivity contribution in [1.29, 1.82) is 0 Å². The van der Waals surface area contributed by atoms with E-state index >= 15 is 0 Å². The largest absolute Gasteiger partial charge is 0.395 e. The molecular weight excluding hydrogens is 178 g/mol. The summed E-state index contributed by atoms with van der Waals surface area (Å²) in [6.07, 6.45) is 2.58. The van der Waals surface area contributed by atoms with E-state index in [0.717, 1.165) is 12.8 Å². The van der Waals surface area contributed by atoms with Gasteiger partial charge in [-0.2, -0.15) is 0 Å². The van der Waals surface area contributed by atoms with Crippen LogP contribution >= 0.6 is 0 Å². The molecule has 0 aliphatic carbocycles. The van der Waals surface area contributed by atoms with Gasteiger partial charge in [0, 0.05) is 20.0 Å². The van der Waals surface area contributed by atoms with Crippen molar-refractivity contribution in [2.24, 2.45) is 5.41 Å². The van der Waals surface area contributed by atoms with Gasteiger partial charge in [0.2, 0.25) is 5.91 Å². The Balaban J connectivity index is 3.64. The molecule has 0 aliphatic heterocycles. The standard InChI is InChI=1S/C11H23NO2/c1-11(2,3)7-5-6-10(14)12(4)8-9-13/h13H,5-9H2,1-4H3. The Morgan fingerprint density at radius 3 is 2.36 bits per heavy atom. The fourth-order valence-corrected chi connectivity index (χ4v) is 1.24. The van der Waals surface area contributed by atoms with Crippen LogP contribution in [0, 0.1) is 5.41 Å². The van der Waals surface area contributed by atoms with E-state index in [-0.39, 0.29) is 12.5 Å². The molecule has 14 heavy (non-hydrogen) atoms. The quantitative estimate of drug-likeness (QED) is 0.735. The predicted octanol–water partition coefficient (Wildman–Crippen LogP) is 1.65. The Morgan fingerprint density at radius 1 is 1.36 bits per heavy atom. The van der Waals surface area contributed by atoms with Gasteiger partial charge in [-0.05, 0) is 18.3 Å². The number of hydrogen-bond donors (Lipinski definition) is 1. The second-order valence-corrected chi connectivity index (χ2v) is 4.95. The highest BCUT2D eigenvalue weighted by Gasteiger charge is 2.12. The molecule has 0 unspecified atom stereocenters. The molecule has 3 nitrogen and oxygen atoms in total. The minimum atomic E-state index is 0.0432. The van der Waals surface area contributed by atoms with E-state index < -0.39 is 0 Å². The molecule has 0 heterocycles. The van der Waals surface area contributed by atoms with Crippen molar-refractivity contribution < 1.29 is 9.90 Å². The van der Waals surface area contributed by atoms with Crippen LogP contribution in [0.25, 0.3) is 0 Å². The molecule has 0 rings (SSSR count). The summed E-state index contributed by atoms with van der Waals surface area (Å²) in [7, 11) is 1.73. The summed E-state index contributed by atoms with van der Waals surface area (Å²) in [6.45, 7) is 7.01. The highest BCUT2D eigenvalue weighted by molar-refractivity contribution is 5.75. The van der Waals surface area contributed by atoms with Crippen LogP contribution in [0.5, 0.6) is 0 Å². The Morgan fingerprint density at radius 2 is 1.93 bits per heavy atom. The molecule has 0 aromatic heterocycles. The van der Waals surface area contributed by atoms with Crippen LogP contribution in [-0.2, 0) is 4.79 Å². The molecule has 0 aliphatic rings. The molecule has 3 heteroatoms. The molecule has 0 aromatic rings. The van der Waals surface area contributed by atoms with Crippen LogP contribution in [0.1, 0.15) is 40.0 Å². The number of amides is 1. The second kappa shape index (κ2) is 6.02. The Labute approximate surface area is 87.1 Å². The molecule has 0 atom stereocenters. The van der Waals surface area contributed by atoms with E-state index in [1.54, 1.807) is 11.9 Å². The third-order valence-electron chi connectivity index (χ3n) is 2.18. The van der Waals surface area contributed by atoms with Crippen molar-refractivity contribution in [3.8, 4) is 0 Å². The van der Waals surface area contributed by atoms with E-state index in [9.17, 15) is 4.79 Å². The SMILES string of the molecule is CN(CCO)C(=O)CCCC(C)(C)C. The maximum atomic E-state index is 11.4. The van der Waals surface area contributed by atoms with Gasteiger partial charge < -0.3 is 10.0 Å². The van der Waals surface area contributed by atoms with Crippen LogP contribution < -0.4 is 0 Å². The third-order valence-corrected chi connectivity index (χ3v) is 2.18. The normalized spacial score (nSPS) is 11.5. The van der Waals surface area contributed by atoms with Gasteiger partial charge in [-0.3, -0.25) is 4.79 Å². The molecule has 0 aromatic carbocycles. The Hall–Kier alpha value is -0.570. The Bertz CT molecular complexity index is 173. The molecular formula is C11H23NO2. The zero-order valence-corrected chi connectivity index (χ0v) is 9.84. The van der Waals surface area contributed by atoms with E-state index in [4.69, 9.17) is 5.11 Å². The monoisotopic (exact) mass is 201 g/mol. The van der Waals surface area contributed by atoms with Gasteiger partial charge in [-0.15, -0.1) is 0 Å². The zero-order valence-electron chi connectivity index (χ0n) is 9.84. The van der Waals surface area contributed by atoms with Crippen LogP contribution in [-0.4, -0.2) is 36.1 Å². The van der Waals surface area contributed by atoms with Gasteiger partial charge in [0.15, 0.2) is 0 Å². The number of aliphatic hydroxyl groups excluding tert-OH is 1. The number of aliphatic hydroxyl groups is 1.